The zero-order valence-corrected chi connectivity index (χ0v) is 15.5. The lowest BCUT2D eigenvalue weighted by Gasteiger charge is -2.41. The van der Waals surface area contributed by atoms with Gasteiger partial charge < -0.3 is 20.4 Å². The molecule has 1 unspecified atom stereocenters. The summed E-state index contributed by atoms with van der Waals surface area (Å²) in [5, 5.41) is 5.75. The van der Waals surface area contributed by atoms with Crippen LogP contribution in [0.2, 0.25) is 0 Å². The summed E-state index contributed by atoms with van der Waals surface area (Å²) < 4.78 is 0. The summed E-state index contributed by atoms with van der Waals surface area (Å²) in [6.45, 7) is 3.07. The molecule has 3 amide bonds. The van der Waals surface area contributed by atoms with Crippen molar-refractivity contribution < 1.29 is 14.4 Å². The van der Waals surface area contributed by atoms with Crippen LogP contribution in [-0.2, 0) is 9.59 Å². The summed E-state index contributed by atoms with van der Waals surface area (Å²) in [7, 11) is 0. The number of nitrogens with zero attached hydrogens (tertiary/aromatic N) is 2. The van der Waals surface area contributed by atoms with Crippen LogP contribution in [0.5, 0.6) is 0 Å². The van der Waals surface area contributed by atoms with E-state index in [0.29, 0.717) is 31.7 Å². The molecular formula is C18H25ClN4O3. The van der Waals surface area contributed by atoms with E-state index in [1.807, 2.05) is 11.0 Å². The first kappa shape index (κ1) is 20.2. The number of hydrogen-bond acceptors (Lipinski definition) is 4. The summed E-state index contributed by atoms with van der Waals surface area (Å²) >= 11 is 0. The molecule has 7 nitrogen and oxygen atoms in total. The topological polar surface area (TPSA) is 81.8 Å². The molecule has 26 heavy (non-hydrogen) atoms. The second kappa shape index (κ2) is 9.54. The highest BCUT2D eigenvalue weighted by atomic mass is 35.5. The Labute approximate surface area is 159 Å². The minimum atomic E-state index is -0.250. The van der Waals surface area contributed by atoms with Gasteiger partial charge in [-0.25, -0.2) is 0 Å². The Hall–Kier alpha value is -2.12. The highest BCUT2D eigenvalue weighted by Crippen LogP contribution is 2.17. The van der Waals surface area contributed by atoms with Crippen LogP contribution in [0.25, 0.3) is 0 Å². The fraction of sp³-hybridized carbons (Fsp3) is 0.500. The molecule has 0 saturated carbocycles. The first-order valence-electron chi connectivity index (χ1n) is 8.76. The van der Waals surface area contributed by atoms with Gasteiger partial charge in [0, 0.05) is 37.8 Å². The van der Waals surface area contributed by atoms with E-state index in [-0.39, 0.29) is 42.7 Å². The van der Waals surface area contributed by atoms with E-state index in [1.165, 1.54) is 0 Å². The maximum absolute atomic E-state index is 12.4. The van der Waals surface area contributed by atoms with Gasteiger partial charge in [0.15, 0.2) is 0 Å². The van der Waals surface area contributed by atoms with Crippen molar-refractivity contribution in [2.75, 3.05) is 39.3 Å². The van der Waals surface area contributed by atoms with Gasteiger partial charge in [-0.3, -0.25) is 14.4 Å². The van der Waals surface area contributed by atoms with Crippen LogP contribution < -0.4 is 10.6 Å². The number of halogens is 1. The third-order valence-corrected chi connectivity index (χ3v) is 4.75. The molecule has 0 bridgehead atoms. The van der Waals surface area contributed by atoms with Crippen LogP contribution >= 0.6 is 12.4 Å². The first-order chi connectivity index (χ1) is 12.1. The third kappa shape index (κ3) is 4.95. The standard InChI is InChI=1S/C18H24N4O3.ClH/c23-16(12-20-18(25)14-5-2-1-3-6-14)21-9-4-7-15(13-21)22-10-8-19-11-17(22)24;/h1-3,5-6,15,19H,4,7-13H2,(H,20,25);1H. The molecule has 1 aromatic rings. The number of likely N-dealkylation sites (tertiary alicyclic amines) is 1. The molecule has 0 aromatic heterocycles. The van der Waals surface area contributed by atoms with Gasteiger partial charge >= 0.3 is 0 Å². The van der Waals surface area contributed by atoms with Crippen LogP contribution in [-0.4, -0.2) is 72.8 Å². The number of amides is 3. The van der Waals surface area contributed by atoms with E-state index in [2.05, 4.69) is 10.6 Å². The molecule has 2 N–H and O–H groups in total. The lowest BCUT2D eigenvalue weighted by Crippen LogP contribution is -2.58. The molecule has 1 atom stereocenters. The van der Waals surface area contributed by atoms with Crippen LogP contribution in [0.15, 0.2) is 30.3 Å². The average molecular weight is 381 g/mol. The fourth-order valence-electron chi connectivity index (χ4n) is 3.40. The molecule has 142 valence electrons. The van der Waals surface area contributed by atoms with Crippen molar-refractivity contribution in [1.82, 2.24) is 20.4 Å². The summed E-state index contributed by atoms with van der Waals surface area (Å²) in [4.78, 5) is 40.2. The number of carbonyl (C=O) groups is 3. The highest BCUT2D eigenvalue weighted by Gasteiger charge is 2.31. The average Bonchev–Trinajstić information content (AvgIpc) is 2.67. The zero-order valence-electron chi connectivity index (χ0n) is 14.6. The van der Waals surface area contributed by atoms with E-state index in [4.69, 9.17) is 0 Å². The zero-order chi connectivity index (χ0) is 17.6. The quantitative estimate of drug-likeness (QED) is 0.785. The molecule has 0 aliphatic carbocycles. The lowest BCUT2D eigenvalue weighted by molar-refractivity contribution is -0.140. The van der Waals surface area contributed by atoms with Crippen LogP contribution in [0.1, 0.15) is 23.2 Å². The minimum Gasteiger partial charge on any atom is -0.343 e. The molecule has 2 aliphatic heterocycles. The number of piperazine rings is 1. The Bertz CT molecular complexity index is 641. The fourth-order valence-corrected chi connectivity index (χ4v) is 3.40. The predicted octanol–water partition coefficient (Wildman–Crippen LogP) is 0.261. The van der Waals surface area contributed by atoms with Crippen molar-refractivity contribution in [3.05, 3.63) is 35.9 Å². The highest BCUT2D eigenvalue weighted by molar-refractivity contribution is 5.96. The third-order valence-electron chi connectivity index (χ3n) is 4.75. The lowest BCUT2D eigenvalue weighted by atomic mass is 10.0. The second-order valence-electron chi connectivity index (χ2n) is 6.45. The molecule has 2 heterocycles. The van der Waals surface area contributed by atoms with Gasteiger partial charge in [-0.1, -0.05) is 18.2 Å². The van der Waals surface area contributed by atoms with Gasteiger partial charge in [-0.2, -0.15) is 0 Å². The number of benzene rings is 1. The molecule has 2 saturated heterocycles. The summed E-state index contributed by atoms with van der Waals surface area (Å²) in [5.74, 6) is -0.251. The van der Waals surface area contributed by atoms with Crippen molar-refractivity contribution in [1.29, 1.82) is 0 Å². The molecule has 0 spiro atoms. The number of hydrogen-bond donors (Lipinski definition) is 2. The Balaban J connectivity index is 0.00000243. The van der Waals surface area contributed by atoms with E-state index in [0.717, 1.165) is 19.4 Å². The maximum atomic E-state index is 12.4. The van der Waals surface area contributed by atoms with Gasteiger partial charge in [0.25, 0.3) is 5.91 Å². The second-order valence-corrected chi connectivity index (χ2v) is 6.45. The van der Waals surface area contributed by atoms with Gasteiger partial charge in [-0.15, -0.1) is 12.4 Å². The SMILES string of the molecule is Cl.O=C(NCC(=O)N1CCCC(N2CCNCC2=O)C1)c1ccccc1. The molecule has 2 fully saturated rings. The summed E-state index contributed by atoms with van der Waals surface area (Å²) in [5.41, 5.74) is 0.540. The summed E-state index contributed by atoms with van der Waals surface area (Å²) in [6.07, 6.45) is 1.80. The van der Waals surface area contributed by atoms with E-state index in [9.17, 15) is 14.4 Å². The molecule has 8 heteroatoms. The number of rotatable bonds is 4. The van der Waals surface area contributed by atoms with Gasteiger partial charge in [0.05, 0.1) is 13.1 Å². The Morgan fingerprint density at radius 3 is 2.69 bits per heavy atom. The first-order valence-corrected chi connectivity index (χ1v) is 8.76. The van der Waals surface area contributed by atoms with Crippen LogP contribution in [0.3, 0.4) is 0 Å². The van der Waals surface area contributed by atoms with Crippen LogP contribution in [0, 0.1) is 0 Å². The van der Waals surface area contributed by atoms with E-state index >= 15 is 0 Å². The van der Waals surface area contributed by atoms with E-state index in [1.54, 1.807) is 29.2 Å². The van der Waals surface area contributed by atoms with Gasteiger partial charge in [0.1, 0.15) is 0 Å². The normalized spacial score (nSPS) is 20.3. The molecule has 3 rings (SSSR count). The Kier molecular flexibility index (Phi) is 7.41. The number of piperidine rings is 1. The molecular weight excluding hydrogens is 356 g/mol. The van der Waals surface area contributed by atoms with Crippen molar-refractivity contribution in [2.24, 2.45) is 0 Å². The van der Waals surface area contributed by atoms with E-state index < -0.39 is 0 Å². The molecule has 1 aromatic carbocycles. The Morgan fingerprint density at radius 1 is 1.19 bits per heavy atom. The van der Waals surface area contributed by atoms with Gasteiger partial charge in [-0.05, 0) is 25.0 Å². The monoisotopic (exact) mass is 380 g/mol. The number of carbonyl (C=O) groups excluding carboxylic acids is 3. The predicted molar refractivity (Wildman–Crippen MR) is 100 cm³/mol. The molecule has 0 radical (unpaired) electrons. The van der Waals surface area contributed by atoms with Crippen molar-refractivity contribution in [3.63, 3.8) is 0 Å². The van der Waals surface area contributed by atoms with Crippen molar-refractivity contribution in [3.8, 4) is 0 Å². The largest absolute Gasteiger partial charge is 0.343 e. The summed E-state index contributed by atoms with van der Waals surface area (Å²) in [6, 6.07) is 8.93. The van der Waals surface area contributed by atoms with Crippen LogP contribution in [0.4, 0.5) is 0 Å². The Morgan fingerprint density at radius 2 is 1.96 bits per heavy atom. The van der Waals surface area contributed by atoms with Crippen molar-refractivity contribution in [2.45, 2.75) is 18.9 Å². The maximum Gasteiger partial charge on any atom is 0.251 e. The molecule has 2 aliphatic rings. The van der Waals surface area contributed by atoms with Gasteiger partial charge in [0.2, 0.25) is 11.8 Å². The van der Waals surface area contributed by atoms with Crippen molar-refractivity contribution >= 4 is 30.1 Å². The smallest absolute Gasteiger partial charge is 0.251 e. The minimum absolute atomic E-state index is 0. The number of nitrogens with one attached hydrogen (secondary N) is 2.